The molecular weight excluding hydrogens is 516 g/mol. The summed E-state index contributed by atoms with van der Waals surface area (Å²) in [6.07, 6.45) is 9.27. The number of benzene rings is 1. The molecule has 4 rings (SSSR count). The van der Waals surface area contributed by atoms with Crippen molar-refractivity contribution in [1.82, 2.24) is 14.3 Å². The lowest BCUT2D eigenvalue weighted by atomic mass is 10.1. The molecule has 9 heteroatoms. The van der Waals surface area contributed by atoms with Gasteiger partial charge in [-0.3, -0.25) is 18.9 Å². The van der Waals surface area contributed by atoms with Crippen LogP contribution in [0.1, 0.15) is 68.2 Å². The summed E-state index contributed by atoms with van der Waals surface area (Å²) < 4.78 is 1.99. The summed E-state index contributed by atoms with van der Waals surface area (Å²) in [5, 5.41) is 13.8. The number of unbranched alkanes of at least 4 members (excludes halogenated alkanes) is 5. The molecule has 1 fully saturated rings. The molecule has 1 aliphatic rings. The molecule has 1 atom stereocenters. The third-order valence-corrected chi connectivity index (χ3v) is 7.91. The number of amides is 1. The first-order chi connectivity index (χ1) is 18.4. The monoisotopic (exact) mass is 550 g/mol. The van der Waals surface area contributed by atoms with Gasteiger partial charge in [0.2, 0.25) is 0 Å². The van der Waals surface area contributed by atoms with E-state index in [1.807, 2.05) is 43.3 Å². The molecule has 1 aromatic carbocycles. The Hall–Kier alpha value is -3.01. The highest BCUT2D eigenvalue weighted by Gasteiger charge is 2.32. The molecule has 7 nitrogen and oxygen atoms in total. The van der Waals surface area contributed by atoms with Crippen LogP contribution in [-0.4, -0.2) is 42.7 Å². The standard InChI is InChI=1S/C29H34N4O3S2/c1-3-4-5-6-7-11-16-32-28(36)24(38-29(32)37)17-22-26(30-18-23(34)21-12-9-8-10-13-21)31-25-15-14-20(2)19-33(25)27(22)35/h8-10,12-15,17,19,23,30,34H,3-7,11,16,18H2,1-2H3/b24-17+. The van der Waals surface area contributed by atoms with Crippen molar-refractivity contribution in [3.8, 4) is 0 Å². The molecule has 2 aromatic heterocycles. The van der Waals surface area contributed by atoms with Gasteiger partial charge < -0.3 is 10.4 Å². The normalized spacial score (nSPS) is 15.6. The molecule has 2 N–H and O–H groups in total. The Labute approximate surface area is 233 Å². The highest BCUT2D eigenvalue weighted by atomic mass is 32.2. The fourth-order valence-electron chi connectivity index (χ4n) is 4.38. The molecule has 0 radical (unpaired) electrons. The van der Waals surface area contributed by atoms with E-state index in [9.17, 15) is 14.7 Å². The first-order valence-corrected chi connectivity index (χ1v) is 14.4. The van der Waals surface area contributed by atoms with Gasteiger partial charge in [-0.15, -0.1) is 0 Å². The molecule has 38 heavy (non-hydrogen) atoms. The van der Waals surface area contributed by atoms with E-state index in [0.29, 0.717) is 27.2 Å². The van der Waals surface area contributed by atoms with E-state index in [1.54, 1.807) is 23.2 Å². The Morgan fingerprint density at radius 1 is 1.08 bits per heavy atom. The number of nitrogens with zero attached hydrogens (tertiary/aromatic N) is 3. The molecule has 0 bridgehead atoms. The highest BCUT2D eigenvalue weighted by Crippen LogP contribution is 2.33. The smallest absolute Gasteiger partial charge is 0.267 e. The molecule has 1 aliphatic heterocycles. The van der Waals surface area contributed by atoms with Crippen LogP contribution >= 0.6 is 24.0 Å². The average Bonchev–Trinajstić information content (AvgIpc) is 3.19. The molecule has 1 amide bonds. The quantitative estimate of drug-likeness (QED) is 0.170. The van der Waals surface area contributed by atoms with Crippen LogP contribution < -0.4 is 10.9 Å². The Bertz CT molecular complexity index is 1390. The van der Waals surface area contributed by atoms with Gasteiger partial charge in [-0.2, -0.15) is 0 Å². The topological polar surface area (TPSA) is 86.9 Å². The number of hydrogen-bond donors (Lipinski definition) is 2. The van der Waals surface area contributed by atoms with Gasteiger partial charge in [-0.1, -0.05) is 99.4 Å². The number of nitrogens with one attached hydrogen (secondary N) is 1. The number of fused-ring (bicyclic) bond motifs is 1. The zero-order chi connectivity index (χ0) is 27.1. The van der Waals surface area contributed by atoms with Crippen molar-refractivity contribution in [3.63, 3.8) is 0 Å². The first-order valence-electron chi connectivity index (χ1n) is 13.1. The Morgan fingerprint density at radius 3 is 2.58 bits per heavy atom. The molecule has 0 aliphatic carbocycles. The summed E-state index contributed by atoms with van der Waals surface area (Å²) in [5.41, 5.74) is 2.11. The maximum absolute atomic E-state index is 13.6. The number of anilines is 1. The van der Waals surface area contributed by atoms with Gasteiger partial charge in [0.25, 0.3) is 11.5 Å². The summed E-state index contributed by atoms with van der Waals surface area (Å²) in [6.45, 7) is 4.83. The van der Waals surface area contributed by atoms with Gasteiger partial charge in [0, 0.05) is 19.3 Å². The number of thiocarbonyl (C=S) groups is 1. The number of pyridine rings is 1. The summed E-state index contributed by atoms with van der Waals surface area (Å²) in [5.74, 6) is 0.132. The summed E-state index contributed by atoms with van der Waals surface area (Å²) >= 11 is 6.72. The molecule has 3 heterocycles. The third kappa shape index (κ3) is 6.70. The minimum absolute atomic E-state index is 0.151. The number of carbonyl (C=O) groups excluding carboxylic acids is 1. The van der Waals surface area contributed by atoms with E-state index in [0.717, 1.165) is 30.4 Å². The van der Waals surface area contributed by atoms with Crippen LogP contribution in [0.25, 0.3) is 11.7 Å². The van der Waals surface area contributed by atoms with Gasteiger partial charge in [0.1, 0.15) is 15.8 Å². The van der Waals surface area contributed by atoms with Crippen molar-refractivity contribution in [3.05, 3.63) is 80.6 Å². The number of thioether (sulfide) groups is 1. The number of aryl methyl sites for hydroxylation is 1. The molecule has 3 aromatic rings. The molecule has 0 spiro atoms. The molecule has 200 valence electrons. The summed E-state index contributed by atoms with van der Waals surface area (Å²) in [6, 6.07) is 13.0. The average molecular weight is 551 g/mol. The number of aliphatic hydroxyl groups is 1. The lowest BCUT2D eigenvalue weighted by Crippen LogP contribution is -2.29. The first kappa shape index (κ1) is 28.0. The molecule has 1 unspecified atom stereocenters. The SMILES string of the molecule is CCCCCCCCN1C(=O)/C(=C\c2c(NCC(O)c3ccccc3)nc3ccc(C)cn3c2=O)SC1=S. The van der Waals surface area contributed by atoms with E-state index in [4.69, 9.17) is 12.2 Å². The Morgan fingerprint density at radius 2 is 1.82 bits per heavy atom. The van der Waals surface area contributed by atoms with Crippen LogP contribution in [0.3, 0.4) is 0 Å². The van der Waals surface area contributed by atoms with Crippen LogP contribution in [0.2, 0.25) is 0 Å². The fourth-order valence-corrected chi connectivity index (χ4v) is 5.67. The fraction of sp³-hybridized carbons (Fsp3) is 0.379. The van der Waals surface area contributed by atoms with E-state index in [1.165, 1.54) is 35.4 Å². The van der Waals surface area contributed by atoms with Crippen molar-refractivity contribution >= 4 is 51.7 Å². The molecule has 1 saturated heterocycles. The van der Waals surface area contributed by atoms with Crippen LogP contribution in [0.4, 0.5) is 5.82 Å². The Balaban J connectivity index is 1.59. The maximum Gasteiger partial charge on any atom is 0.267 e. The predicted octanol–water partition coefficient (Wildman–Crippen LogP) is 5.71. The van der Waals surface area contributed by atoms with Crippen molar-refractivity contribution < 1.29 is 9.90 Å². The Kier molecular flexibility index (Phi) is 9.71. The zero-order valence-electron chi connectivity index (χ0n) is 21.9. The van der Waals surface area contributed by atoms with Crippen LogP contribution in [0.15, 0.2) is 58.4 Å². The second kappa shape index (κ2) is 13.2. The number of aliphatic hydroxyl groups excluding tert-OH is 1. The number of rotatable bonds is 12. The van der Waals surface area contributed by atoms with E-state index >= 15 is 0 Å². The second-order valence-corrected chi connectivity index (χ2v) is 11.2. The minimum Gasteiger partial charge on any atom is -0.387 e. The van der Waals surface area contributed by atoms with Gasteiger partial charge in [-0.05, 0) is 36.6 Å². The van der Waals surface area contributed by atoms with Gasteiger partial charge >= 0.3 is 0 Å². The van der Waals surface area contributed by atoms with Crippen LogP contribution in [0, 0.1) is 6.92 Å². The molecular formula is C29H34N4O3S2. The zero-order valence-corrected chi connectivity index (χ0v) is 23.5. The van der Waals surface area contributed by atoms with E-state index in [2.05, 4.69) is 17.2 Å². The van der Waals surface area contributed by atoms with E-state index < -0.39 is 6.10 Å². The minimum atomic E-state index is -0.794. The largest absolute Gasteiger partial charge is 0.387 e. The van der Waals surface area contributed by atoms with Crippen molar-refractivity contribution in [2.45, 2.75) is 58.5 Å². The van der Waals surface area contributed by atoms with Crippen molar-refractivity contribution in [2.75, 3.05) is 18.4 Å². The van der Waals surface area contributed by atoms with Gasteiger partial charge in [0.15, 0.2) is 0 Å². The van der Waals surface area contributed by atoms with Crippen LogP contribution in [0.5, 0.6) is 0 Å². The summed E-state index contributed by atoms with van der Waals surface area (Å²) in [4.78, 5) is 33.5. The lowest BCUT2D eigenvalue weighted by Gasteiger charge is -2.15. The van der Waals surface area contributed by atoms with Crippen molar-refractivity contribution in [1.29, 1.82) is 0 Å². The van der Waals surface area contributed by atoms with Gasteiger partial charge in [-0.25, -0.2) is 4.98 Å². The number of carbonyl (C=O) groups is 1. The van der Waals surface area contributed by atoms with Gasteiger partial charge in [0.05, 0.1) is 16.6 Å². The van der Waals surface area contributed by atoms with E-state index in [-0.39, 0.29) is 23.6 Å². The number of hydrogen-bond acceptors (Lipinski definition) is 7. The molecule has 0 saturated carbocycles. The predicted molar refractivity (Wildman–Crippen MR) is 159 cm³/mol. The van der Waals surface area contributed by atoms with Crippen molar-refractivity contribution in [2.24, 2.45) is 0 Å². The third-order valence-electron chi connectivity index (χ3n) is 6.54. The summed E-state index contributed by atoms with van der Waals surface area (Å²) in [7, 11) is 0. The number of aromatic nitrogens is 2. The maximum atomic E-state index is 13.6. The van der Waals surface area contributed by atoms with Crippen LogP contribution in [-0.2, 0) is 4.79 Å². The highest BCUT2D eigenvalue weighted by molar-refractivity contribution is 8.26. The second-order valence-electron chi connectivity index (χ2n) is 9.52. The lowest BCUT2D eigenvalue weighted by molar-refractivity contribution is -0.122.